The number of hydrogen-bond donors (Lipinski definition) is 1. The molecule has 1 aromatic heterocycles. The number of nitrogens with zero attached hydrogens (tertiary/aromatic N) is 3. The van der Waals surface area contributed by atoms with Crippen molar-refractivity contribution >= 4 is 44.2 Å². The van der Waals surface area contributed by atoms with Crippen molar-refractivity contribution in [3.8, 4) is 0 Å². The minimum Gasteiger partial charge on any atom is -0.494 e. The van der Waals surface area contributed by atoms with Crippen LogP contribution in [-0.2, 0) is 14.3 Å². The Morgan fingerprint density at radius 2 is 2.11 bits per heavy atom. The van der Waals surface area contributed by atoms with E-state index in [2.05, 4.69) is 15.1 Å². The summed E-state index contributed by atoms with van der Waals surface area (Å²) in [5.41, 5.74) is 0.993. The molecule has 4 rings (SSSR count). The van der Waals surface area contributed by atoms with Gasteiger partial charge < -0.3 is 19.7 Å². The summed E-state index contributed by atoms with van der Waals surface area (Å²) in [6.45, 7) is 6.02. The minimum atomic E-state index is -0.221. The molecule has 0 atom stereocenters. The van der Waals surface area contributed by atoms with E-state index in [1.807, 2.05) is 18.2 Å². The van der Waals surface area contributed by atoms with Gasteiger partial charge in [0, 0.05) is 44.3 Å². The number of piperazine rings is 1. The highest BCUT2D eigenvalue weighted by Gasteiger charge is 2.20. The lowest BCUT2D eigenvalue weighted by Crippen LogP contribution is -2.48. The molecule has 0 radical (unpaired) electrons. The summed E-state index contributed by atoms with van der Waals surface area (Å²) in [5.74, 6) is 0.0310. The number of rotatable bonds is 5. The SMILES string of the molecule is O=C(NCCN1CCN(c2nc3ccc(Cl)cc3s2)CC1)C1=COCCO1. The van der Waals surface area contributed by atoms with Gasteiger partial charge in [-0.25, -0.2) is 4.98 Å². The van der Waals surface area contributed by atoms with Gasteiger partial charge in [0.1, 0.15) is 19.5 Å². The number of carbonyl (C=O) groups is 1. The predicted molar refractivity (Wildman–Crippen MR) is 106 cm³/mol. The molecule has 0 bridgehead atoms. The van der Waals surface area contributed by atoms with E-state index in [1.165, 1.54) is 6.26 Å². The Hall–Kier alpha value is -2.03. The molecule has 0 unspecified atom stereocenters. The number of nitrogens with one attached hydrogen (secondary N) is 1. The fourth-order valence-corrected chi connectivity index (χ4v) is 4.38. The number of aromatic nitrogens is 1. The largest absolute Gasteiger partial charge is 0.494 e. The normalized spacial score (nSPS) is 18.0. The van der Waals surface area contributed by atoms with Crippen molar-refractivity contribution in [1.82, 2.24) is 15.2 Å². The quantitative estimate of drug-likeness (QED) is 0.817. The molecule has 27 heavy (non-hydrogen) atoms. The predicted octanol–water partition coefficient (Wildman–Crippen LogP) is 2.08. The summed E-state index contributed by atoms with van der Waals surface area (Å²) < 4.78 is 11.5. The molecule has 0 aliphatic carbocycles. The van der Waals surface area contributed by atoms with Crippen LogP contribution in [0, 0.1) is 0 Å². The third-order valence-electron chi connectivity index (χ3n) is 4.57. The second-order valence-electron chi connectivity index (χ2n) is 6.39. The number of fused-ring (bicyclic) bond motifs is 1. The van der Waals surface area contributed by atoms with E-state index in [1.54, 1.807) is 11.3 Å². The number of ether oxygens (including phenoxy) is 2. The van der Waals surface area contributed by atoms with Crippen molar-refractivity contribution in [3.63, 3.8) is 0 Å². The number of anilines is 1. The van der Waals surface area contributed by atoms with Crippen LogP contribution in [0.3, 0.4) is 0 Å². The number of hydrogen-bond acceptors (Lipinski definition) is 7. The molecule has 1 N–H and O–H groups in total. The second kappa shape index (κ2) is 8.33. The number of amides is 1. The van der Waals surface area contributed by atoms with Crippen molar-refractivity contribution in [1.29, 1.82) is 0 Å². The standard InChI is InChI=1S/C18H21ClN4O3S/c19-13-1-2-14-16(11-13)27-18(21-14)23-7-5-22(6-8-23)4-3-20-17(24)15-12-25-9-10-26-15/h1-2,11-12H,3-10H2,(H,20,24). The van der Waals surface area contributed by atoms with E-state index in [4.69, 9.17) is 26.1 Å². The van der Waals surface area contributed by atoms with Crippen molar-refractivity contribution < 1.29 is 14.3 Å². The van der Waals surface area contributed by atoms with E-state index < -0.39 is 0 Å². The van der Waals surface area contributed by atoms with Crippen LogP contribution in [-0.4, -0.2) is 68.3 Å². The van der Waals surface area contributed by atoms with E-state index >= 15 is 0 Å². The maximum Gasteiger partial charge on any atom is 0.289 e. The molecule has 9 heteroatoms. The van der Waals surface area contributed by atoms with Gasteiger partial charge in [0.05, 0.1) is 10.2 Å². The lowest BCUT2D eigenvalue weighted by molar-refractivity contribution is -0.122. The average Bonchev–Trinajstić information content (AvgIpc) is 3.12. The summed E-state index contributed by atoms with van der Waals surface area (Å²) >= 11 is 7.74. The molecule has 0 saturated carbocycles. The van der Waals surface area contributed by atoms with Crippen LogP contribution in [0.25, 0.3) is 10.2 Å². The first-order valence-electron chi connectivity index (χ1n) is 8.95. The molecule has 1 aromatic carbocycles. The van der Waals surface area contributed by atoms with Gasteiger partial charge in [-0.2, -0.15) is 0 Å². The number of benzene rings is 1. The Balaban J connectivity index is 1.23. The molecule has 2 aliphatic heterocycles. The molecular formula is C18H21ClN4O3S. The van der Waals surface area contributed by atoms with E-state index in [0.717, 1.165) is 53.1 Å². The van der Waals surface area contributed by atoms with Crippen molar-refractivity contribution in [3.05, 3.63) is 35.2 Å². The Morgan fingerprint density at radius 3 is 2.89 bits per heavy atom. The summed E-state index contributed by atoms with van der Waals surface area (Å²) in [4.78, 5) is 21.3. The lowest BCUT2D eigenvalue weighted by atomic mass is 10.3. The van der Waals surface area contributed by atoms with Crippen LogP contribution in [0.15, 0.2) is 30.2 Å². The fourth-order valence-electron chi connectivity index (χ4n) is 3.09. The third-order valence-corrected chi connectivity index (χ3v) is 5.88. The first-order valence-corrected chi connectivity index (χ1v) is 10.1. The summed E-state index contributed by atoms with van der Waals surface area (Å²) in [6.07, 6.45) is 1.38. The molecule has 0 spiro atoms. The molecular weight excluding hydrogens is 388 g/mol. The Bertz CT molecular complexity index is 848. The smallest absolute Gasteiger partial charge is 0.289 e. The molecule has 1 saturated heterocycles. The van der Waals surface area contributed by atoms with Gasteiger partial charge >= 0.3 is 0 Å². The highest BCUT2D eigenvalue weighted by atomic mass is 35.5. The Morgan fingerprint density at radius 1 is 1.26 bits per heavy atom. The monoisotopic (exact) mass is 408 g/mol. The molecule has 3 heterocycles. The number of carbonyl (C=O) groups excluding carboxylic acids is 1. The van der Waals surface area contributed by atoms with Gasteiger partial charge in [-0.15, -0.1) is 0 Å². The van der Waals surface area contributed by atoms with E-state index in [9.17, 15) is 4.79 Å². The highest BCUT2D eigenvalue weighted by Crippen LogP contribution is 2.31. The van der Waals surface area contributed by atoms with Gasteiger partial charge in [0.2, 0.25) is 5.76 Å². The molecule has 1 amide bonds. The van der Waals surface area contributed by atoms with Gasteiger partial charge in [0.25, 0.3) is 5.91 Å². The van der Waals surface area contributed by atoms with Crippen LogP contribution < -0.4 is 10.2 Å². The average molecular weight is 409 g/mol. The topological polar surface area (TPSA) is 66.9 Å². The van der Waals surface area contributed by atoms with Gasteiger partial charge in [-0.05, 0) is 18.2 Å². The number of thiazole rings is 1. The first kappa shape index (κ1) is 18.3. The van der Waals surface area contributed by atoms with Gasteiger partial charge in [0.15, 0.2) is 5.13 Å². The lowest BCUT2D eigenvalue weighted by Gasteiger charge is -2.34. The third kappa shape index (κ3) is 4.45. The molecule has 7 nitrogen and oxygen atoms in total. The van der Waals surface area contributed by atoms with Crippen LogP contribution >= 0.6 is 22.9 Å². The summed E-state index contributed by atoms with van der Waals surface area (Å²) in [6, 6.07) is 5.81. The summed E-state index contributed by atoms with van der Waals surface area (Å²) in [7, 11) is 0. The molecule has 1 fully saturated rings. The van der Waals surface area contributed by atoms with Crippen LogP contribution in [0.4, 0.5) is 5.13 Å². The van der Waals surface area contributed by atoms with E-state index in [-0.39, 0.29) is 11.7 Å². The van der Waals surface area contributed by atoms with Crippen molar-refractivity contribution in [2.45, 2.75) is 0 Å². The molecule has 2 aliphatic rings. The zero-order valence-electron chi connectivity index (χ0n) is 14.8. The minimum absolute atomic E-state index is 0.221. The van der Waals surface area contributed by atoms with Gasteiger partial charge in [-0.3, -0.25) is 9.69 Å². The van der Waals surface area contributed by atoms with Gasteiger partial charge in [-0.1, -0.05) is 22.9 Å². The van der Waals surface area contributed by atoms with Crippen LogP contribution in [0.1, 0.15) is 0 Å². The summed E-state index contributed by atoms with van der Waals surface area (Å²) in [5, 5.41) is 4.66. The maximum absolute atomic E-state index is 12.0. The second-order valence-corrected chi connectivity index (χ2v) is 7.84. The zero-order chi connectivity index (χ0) is 18.6. The fraction of sp³-hybridized carbons (Fsp3) is 0.444. The Labute approximate surface area is 166 Å². The van der Waals surface area contributed by atoms with Crippen molar-refractivity contribution in [2.24, 2.45) is 0 Å². The van der Waals surface area contributed by atoms with E-state index in [0.29, 0.717) is 19.8 Å². The number of halogens is 1. The molecule has 2 aromatic rings. The molecule has 144 valence electrons. The zero-order valence-corrected chi connectivity index (χ0v) is 16.4. The van der Waals surface area contributed by atoms with Crippen molar-refractivity contribution in [2.75, 3.05) is 57.4 Å². The highest BCUT2D eigenvalue weighted by molar-refractivity contribution is 7.22. The maximum atomic E-state index is 12.0. The van der Waals surface area contributed by atoms with Crippen LogP contribution in [0.5, 0.6) is 0 Å². The first-order chi connectivity index (χ1) is 13.2. The van der Waals surface area contributed by atoms with Crippen LogP contribution in [0.2, 0.25) is 5.02 Å². The Kier molecular flexibility index (Phi) is 5.66.